The van der Waals surface area contributed by atoms with Crippen LogP contribution in [0.4, 0.5) is 17.6 Å². The molecule has 0 amide bonds. The molecule has 2 N–H and O–H groups in total. The highest BCUT2D eigenvalue weighted by atomic mass is 19.4. The molecule has 0 aliphatic heterocycles. The first-order chi connectivity index (χ1) is 8.91. The fourth-order valence-electron chi connectivity index (χ4n) is 1.69. The van der Waals surface area contributed by atoms with Crippen molar-refractivity contribution in [1.82, 2.24) is 9.78 Å². The van der Waals surface area contributed by atoms with Crippen molar-refractivity contribution >= 4 is 0 Å². The lowest BCUT2D eigenvalue weighted by molar-refractivity contribution is -0.141. The van der Waals surface area contributed by atoms with Crippen LogP contribution in [0.5, 0.6) is 0 Å². The molecule has 0 unspecified atom stereocenters. The Labute approximate surface area is 106 Å². The van der Waals surface area contributed by atoms with E-state index < -0.39 is 17.7 Å². The summed E-state index contributed by atoms with van der Waals surface area (Å²) in [5.74, 6) is -0.465. The highest BCUT2D eigenvalue weighted by Gasteiger charge is 2.34. The van der Waals surface area contributed by atoms with Crippen molar-refractivity contribution in [3.05, 3.63) is 47.5 Å². The summed E-state index contributed by atoms with van der Waals surface area (Å²) in [5, 5.41) is 3.51. The summed E-state index contributed by atoms with van der Waals surface area (Å²) >= 11 is 0. The van der Waals surface area contributed by atoms with E-state index in [0.29, 0.717) is 11.4 Å². The van der Waals surface area contributed by atoms with Crippen LogP contribution in [0, 0.1) is 5.82 Å². The first-order valence-electron chi connectivity index (χ1n) is 5.54. The minimum Gasteiger partial charge on any atom is -0.330 e. The van der Waals surface area contributed by atoms with Gasteiger partial charge in [0.1, 0.15) is 5.82 Å². The zero-order valence-electron chi connectivity index (χ0n) is 9.78. The van der Waals surface area contributed by atoms with Gasteiger partial charge in [0.05, 0.1) is 5.69 Å². The van der Waals surface area contributed by atoms with Gasteiger partial charge in [-0.25, -0.2) is 9.07 Å². The lowest BCUT2D eigenvalue weighted by Gasteiger charge is -2.06. The third-order valence-corrected chi connectivity index (χ3v) is 2.55. The average molecular weight is 273 g/mol. The second-order valence-corrected chi connectivity index (χ2v) is 3.95. The monoisotopic (exact) mass is 273 g/mol. The van der Waals surface area contributed by atoms with E-state index in [-0.39, 0.29) is 13.0 Å². The molecule has 2 rings (SSSR count). The van der Waals surface area contributed by atoms with Gasteiger partial charge < -0.3 is 5.73 Å². The van der Waals surface area contributed by atoms with Gasteiger partial charge >= 0.3 is 6.18 Å². The number of halogens is 4. The summed E-state index contributed by atoms with van der Waals surface area (Å²) in [6.45, 7) is 0.199. The molecule has 0 aliphatic carbocycles. The van der Waals surface area contributed by atoms with Crippen molar-refractivity contribution in [3.8, 4) is 5.69 Å². The van der Waals surface area contributed by atoms with Gasteiger partial charge in [0.2, 0.25) is 0 Å². The summed E-state index contributed by atoms with van der Waals surface area (Å²) in [6, 6.07) is 6.01. The lowest BCUT2D eigenvalue weighted by atomic mass is 10.2. The summed E-state index contributed by atoms with van der Waals surface area (Å²) in [5.41, 5.74) is 5.08. The van der Waals surface area contributed by atoms with Crippen LogP contribution in [-0.4, -0.2) is 16.3 Å². The van der Waals surface area contributed by atoms with E-state index in [1.807, 2.05) is 0 Å². The number of nitrogens with zero attached hydrogens (tertiary/aromatic N) is 2. The number of hydrogen-bond donors (Lipinski definition) is 1. The van der Waals surface area contributed by atoms with Gasteiger partial charge in [0.15, 0.2) is 5.69 Å². The molecular weight excluding hydrogens is 262 g/mol. The molecule has 1 aromatic heterocycles. The molecule has 3 nitrogen and oxygen atoms in total. The minimum atomic E-state index is -4.52. The Hall–Kier alpha value is -1.89. The molecule has 19 heavy (non-hydrogen) atoms. The van der Waals surface area contributed by atoms with Crippen molar-refractivity contribution in [2.75, 3.05) is 6.54 Å². The van der Waals surface area contributed by atoms with Crippen LogP contribution in [-0.2, 0) is 12.6 Å². The van der Waals surface area contributed by atoms with Gasteiger partial charge in [0.25, 0.3) is 0 Å². The minimum absolute atomic E-state index is 0.199. The number of nitrogens with two attached hydrogens (primary N) is 1. The Balaban J connectivity index is 2.48. The second-order valence-electron chi connectivity index (χ2n) is 3.95. The highest BCUT2D eigenvalue weighted by molar-refractivity contribution is 5.34. The molecule has 2 aromatic rings. The van der Waals surface area contributed by atoms with E-state index >= 15 is 0 Å². The normalized spacial score (nSPS) is 11.8. The van der Waals surface area contributed by atoms with Crippen molar-refractivity contribution in [2.24, 2.45) is 5.73 Å². The van der Waals surface area contributed by atoms with Crippen molar-refractivity contribution in [2.45, 2.75) is 12.6 Å². The van der Waals surface area contributed by atoms with Gasteiger partial charge in [-0.3, -0.25) is 0 Å². The summed E-state index contributed by atoms with van der Waals surface area (Å²) < 4.78 is 51.9. The van der Waals surface area contributed by atoms with Crippen LogP contribution in [0.15, 0.2) is 30.3 Å². The van der Waals surface area contributed by atoms with Crippen LogP contribution in [0.2, 0.25) is 0 Å². The van der Waals surface area contributed by atoms with Crippen LogP contribution < -0.4 is 5.73 Å². The smallest absolute Gasteiger partial charge is 0.330 e. The average Bonchev–Trinajstić information content (AvgIpc) is 2.74. The first-order valence-corrected chi connectivity index (χ1v) is 5.54. The predicted octanol–water partition coefficient (Wildman–Crippen LogP) is 2.53. The molecule has 0 saturated carbocycles. The fourth-order valence-corrected chi connectivity index (χ4v) is 1.69. The van der Waals surface area contributed by atoms with E-state index in [4.69, 9.17) is 5.73 Å². The maximum Gasteiger partial charge on any atom is 0.435 e. The van der Waals surface area contributed by atoms with E-state index in [1.165, 1.54) is 12.1 Å². The Morgan fingerprint density at radius 1 is 1.16 bits per heavy atom. The van der Waals surface area contributed by atoms with Crippen LogP contribution >= 0.6 is 0 Å². The number of rotatable bonds is 3. The van der Waals surface area contributed by atoms with E-state index in [1.54, 1.807) is 0 Å². The SMILES string of the molecule is NCCc1cc(C(F)(F)F)nn1-c1ccc(F)cc1. The molecule has 1 aromatic carbocycles. The molecule has 0 aliphatic rings. The van der Waals surface area contributed by atoms with Gasteiger partial charge in [0, 0.05) is 12.1 Å². The number of benzene rings is 1. The molecule has 7 heteroatoms. The predicted molar refractivity (Wildman–Crippen MR) is 61.3 cm³/mol. The van der Waals surface area contributed by atoms with Crippen LogP contribution in [0.25, 0.3) is 5.69 Å². The molecule has 0 bridgehead atoms. The maximum atomic E-state index is 12.8. The molecule has 0 spiro atoms. The molecule has 0 saturated heterocycles. The molecule has 0 atom stereocenters. The van der Waals surface area contributed by atoms with E-state index in [9.17, 15) is 17.6 Å². The molecular formula is C12H11F4N3. The summed E-state index contributed by atoms with van der Waals surface area (Å²) in [4.78, 5) is 0. The first kappa shape index (κ1) is 13.5. The quantitative estimate of drug-likeness (QED) is 0.873. The van der Waals surface area contributed by atoms with Gasteiger partial charge in [-0.15, -0.1) is 0 Å². The summed E-state index contributed by atoms with van der Waals surface area (Å²) in [7, 11) is 0. The number of hydrogen-bond acceptors (Lipinski definition) is 2. The van der Waals surface area contributed by atoms with Crippen molar-refractivity contribution in [1.29, 1.82) is 0 Å². The summed E-state index contributed by atoms with van der Waals surface area (Å²) in [6.07, 6.45) is -4.27. The third-order valence-electron chi connectivity index (χ3n) is 2.55. The number of alkyl halides is 3. The zero-order valence-corrected chi connectivity index (χ0v) is 9.78. The number of aromatic nitrogens is 2. The maximum absolute atomic E-state index is 12.8. The molecule has 1 heterocycles. The Morgan fingerprint density at radius 3 is 2.32 bits per heavy atom. The Morgan fingerprint density at radius 2 is 1.79 bits per heavy atom. The highest BCUT2D eigenvalue weighted by Crippen LogP contribution is 2.29. The Bertz CT molecular complexity index is 557. The standard InChI is InChI=1S/C12H11F4N3/c13-8-1-3-9(4-2-8)19-10(5-6-17)7-11(18-19)12(14,15)16/h1-4,7H,5-6,17H2. The van der Waals surface area contributed by atoms with Gasteiger partial charge in [-0.1, -0.05) is 0 Å². The molecule has 0 fully saturated rings. The largest absolute Gasteiger partial charge is 0.435 e. The lowest BCUT2D eigenvalue weighted by Crippen LogP contribution is -2.09. The van der Waals surface area contributed by atoms with E-state index in [0.717, 1.165) is 22.9 Å². The third kappa shape index (κ3) is 2.93. The molecule has 0 radical (unpaired) electrons. The van der Waals surface area contributed by atoms with E-state index in [2.05, 4.69) is 5.10 Å². The fraction of sp³-hybridized carbons (Fsp3) is 0.250. The van der Waals surface area contributed by atoms with Gasteiger partial charge in [-0.2, -0.15) is 18.3 Å². The second kappa shape index (κ2) is 5.00. The van der Waals surface area contributed by atoms with Crippen molar-refractivity contribution in [3.63, 3.8) is 0 Å². The van der Waals surface area contributed by atoms with Crippen molar-refractivity contribution < 1.29 is 17.6 Å². The Kier molecular flexibility index (Phi) is 3.57. The topological polar surface area (TPSA) is 43.8 Å². The van der Waals surface area contributed by atoms with Crippen LogP contribution in [0.1, 0.15) is 11.4 Å². The molecule has 102 valence electrons. The van der Waals surface area contributed by atoms with Crippen LogP contribution in [0.3, 0.4) is 0 Å². The van der Waals surface area contributed by atoms with Gasteiger partial charge in [-0.05, 0) is 36.9 Å². The zero-order chi connectivity index (χ0) is 14.0.